The first kappa shape index (κ1) is 18.3. The average Bonchev–Trinajstić information content (AvgIpc) is 3.14. The smallest absolute Gasteiger partial charge is 0.320 e. The standard InChI is InChI=1S/C19H22N6O2/c1-13(23-20)12-21-16-9-8-15(11-17(16)26-2)22-19-25-24-18(27-19)10-14-6-4-3-5-7-14/h3-9,11-12,21,23H,10,20H2,1-2H3,(H,22,25)/b13-12-. The fourth-order valence-corrected chi connectivity index (χ4v) is 2.39. The molecule has 0 radical (unpaired) electrons. The molecule has 0 saturated heterocycles. The molecule has 0 aliphatic carbocycles. The highest BCUT2D eigenvalue weighted by molar-refractivity contribution is 5.66. The molecule has 0 atom stereocenters. The number of allylic oxidation sites excluding steroid dienone is 1. The van der Waals surface area contributed by atoms with Crippen LogP contribution in [0, 0.1) is 0 Å². The fraction of sp³-hybridized carbons (Fsp3) is 0.158. The minimum absolute atomic E-state index is 0.326. The summed E-state index contributed by atoms with van der Waals surface area (Å²) in [5.74, 6) is 6.55. The van der Waals surface area contributed by atoms with E-state index in [0.29, 0.717) is 24.1 Å². The Balaban J connectivity index is 1.69. The maximum Gasteiger partial charge on any atom is 0.320 e. The molecule has 0 bridgehead atoms. The molecule has 3 aromatic rings. The van der Waals surface area contributed by atoms with Crippen LogP contribution in [0.2, 0.25) is 0 Å². The van der Waals surface area contributed by atoms with Crippen LogP contribution in [0.5, 0.6) is 5.75 Å². The van der Waals surface area contributed by atoms with E-state index in [1.54, 1.807) is 13.3 Å². The van der Waals surface area contributed by atoms with Gasteiger partial charge in [-0.1, -0.05) is 35.4 Å². The van der Waals surface area contributed by atoms with Gasteiger partial charge in [0.2, 0.25) is 5.89 Å². The zero-order valence-electron chi connectivity index (χ0n) is 15.2. The van der Waals surface area contributed by atoms with E-state index in [1.807, 2.05) is 55.5 Å². The van der Waals surface area contributed by atoms with Crippen LogP contribution >= 0.6 is 0 Å². The number of nitrogens with two attached hydrogens (primary N) is 1. The number of benzene rings is 2. The number of hydrazine groups is 1. The van der Waals surface area contributed by atoms with E-state index in [-0.39, 0.29) is 0 Å². The Morgan fingerprint density at radius 1 is 1.19 bits per heavy atom. The molecule has 0 aliphatic heterocycles. The first-order valence-corrected chi connectivity index (χ1v) is 8.39. The highest BCUT2D eigenvalue weighted by atomic mass is 16.5. The third kappa shape index (κ3) is 4.99. The molecule has 8 heteroatoms. The summed E-state index contributed by atoms with van der Waals surface area (Å²) in [6.45, 7) is 1.85. The second-order valence-corrected chi connectivity index (χ2v) is 5.82. The van der Waals surface area contributed by atoms with Crippen LogP contribution in [0.25, 0.3) is 0 Å². The van der Waals surface area contributed by atoms with Crippen LogP contribution in [0.4, 0.5) is 17.4 Å². The van der Waals surface area contributed by atoms with Crippen molar-refractivity contribution >= 4 is 17.4 Å². The molecule has 8 nitrogen and oxygen atoms in total. The van der Waals surface area contributed by atoms with Gasteiger partial charge in [0.1, 0.15) is 5.75 Å². The number of methoxy groups -OCH3 is 1. The maximum absolute atomic E-state index is 5.67. The monoisotopic (exact) mass is 366 g/mol. The third-order valence-electron chi connectivity index (χ3n) is 3.79. The second kappa shape index (κ2) is 8.72. The molecule has 2 aromatic carbocycles. The Kier molecular flexibility index (Phi) is 5.91. The van der Waals surface area contributed by atoms with Crippen molar-refractivity contribution in [2.75, 3.05) is 17.7 Å². The highest BCUT2D eigenvalue weighted by Gasteiger charge is 2.09. The zero-order chi connectivity index (χ0) is 19.1. The normalized spacial score (nSPS) is 11.1. The molecule has 0 saturated carbocycles. The van der Waals surface area contributed by atoms with Crippen LogP contribution in [-0.2, 0) is 6.42 Å². The lowest BCUT2D eigenvalue weighted by Gasteiger charge is -2.11. The number of rotatable bonds is 8. The summed E-state index contributed by atoms with van der Waals surface area (Å²) in [7, 11) is 1.60. The highest BCUT2D eigenvalue weighted by Crippen LogP contribution is 2.29. The lowest BCUT2D eigenvalue weighted by atomic mass is 10.2. The van der Waals surface area contributed by atoms with Crippen molar-refractivity contribution in [1.29, 1.82) is 0 Å². The molecule has 3 rings (SSSR count). The molecule has 1 aromatic heterocycles. The lowest BCUT2D eigenvalue weighted by molar-refractivity contribution is 0.417. The van der Waals surface area contributed by atoms with E-state index in [0.717, 1.165) is 22.6 Å². The number of nitrogens with one attached hydrogen (secondary N) is 3. The quantitative estimate of drug-likeness (QED) is 0.355. The predicted molar refractivity (Wildman–Crippen MR) is 105 cm³/mol. The van der Waals surface area contributed by atoms with Crippen molar-refractivity contribution in [2.24, 2.45) is 5.84 Å². The average molecular weight is 366 g/mol. The van der Waals surface area contributed by atoms with Crippen LogP contribution in [0.15, 0.2) is 64.8 Å². The molecule has 0 amide bonds. The summed E-state index contributed by atoms with van der Waals surface area (Å²) in [5, 5.41) is 14.3. The van der Waals surface area contributed by atoms with E-state index in [1.165, 1.54) is 0 Å². The van der Waals surface area contributed by atoms with Gasteiger partial charge in [0.25, 0.3) is 0 Å². The number of ether oxygens (including phenoxy) is 1. The van der Waals surface area contributed by atoms with E-state index in [2.05, 4.69) is 26.3 Å². The van der Waals surface area contributed by atoms with Crippen molar-refractivity contribution in [3.8, 4) is 5.75 Å². The van der Waals surface area contributed by atoms with Crippen molar-refractivity contribution in [1.82, 2.24) is 15.6 Å². The van der Waals surface area contributed by atoms with Crippen molar-refractivity contribution in [3.05, 3.63) is 71.9 Å². The van der Waals surface area contributed by atoms with Gasteiger partial charge in [0.05, 0.1) is 19.2 Å². The zero-order valence-corrected chi connectivity index (χ0v) is 15.2. The van der Waals surface area contributed by atoms with Crippen LogP contribution < -0.4 is 26.6 Å². The minimum atomic E-state index is 0.326. The molecule has 140 valence electrons. The second-order valence-electron chi connectivity index (χ2n) is 5.82. The summed E-state index contributed by atoms with van der Waals surface area (Å²) in [4.78, 5) is 0. The maximum atomic E-state index is 5.67. The Labute approximate surface area is 157 Å². The summed E-state index contributed by atoms with van der Waals surface area (Å²) in [6, 6.07) is 15.9. The van der Waals surface area contributed by atoms with Gasteiger partial charge in [0.15, 0.2) is 0 Å². The molecule has 27 heavy (non-hydrogen) atoms. The SMILES string of the molecule is COc1cc(Nc2nnc(Cc3ccccc3)o2)ccc1N/C=C(/C)NN. The fourth-order valence-electron chi connectivity index (χ4n) is 2.39. The van der Waals surface area contributed by atoms with Crippen LogP contribution in [-0.4, -0.2) is 17.3 Å². The van der Waals surface area contributed by atoms with Gasteiger partial charge in [-0.3, -0.25) is 5.84 Å². The van der Waals surface area contributed by atoms with E-state index in [9.17, 15) is 0 Å². The summed E-state index contributed by atoms with van der Waals surface area (Å²) in [6.07, 6.45) is 2.33. The van der Waals surface area contributed by atoms with Gasteiger partial charge in [-0.15, -0.1) is 5.10 Å². The molecule has 1 heterocycles. The Morgan fingerprint density at radius 3 is 2.74 bits per heavy atom. The predicted octanol–water partition coefficient (Wildman–Crippen LogP) is 3.15. The molecule has 0 unspecified atom stereocenters. The Bertz CT molecular complexity index is 908. The molecular weight excluding hydrogens is 344 g/mol. The number of hydrogen-bond acceptors (Lipinski definition) is 8. The van der Waals surface area contributed by atoms with Gasteiger partial charge in [0, 0.05) is 23.7 Å². The van der Waals surface area contributed by atoms with E-state index in [4.69, 9.17) is 15.0 Å². The lowest BCUT2D eigenvalue weighted by Crippen LogP contribution is -2.19. The van der Waals surface area contributed by atoms with Gasteiger partial charge < -0.3 is 25.2 Å². The number of nitrogens with zero attached hydrogens (tertiary/aromatic N) is 2. The topological polar surface area (TPSA) is 110 Å². The molecule has 0 fully saturated rings. The van der Waals surface area contributed by atoms with Gasteiger partial charge in [-0.2, -0.15) is 0 Å². The van der Waals surface area contributed by atoms with Crippen LogP contribution in [0.3, 0.4) is 0 Å². The number of hydrogen-bond donors (Lipinski definition) is 4. The Morgan fingerprint density at radius 2 is 2.00 bits per heavy atom. The summed E-state index contributed by atoms with van der Waals surface area (Å²) < 4.78 is 11.1. The molecule has 5 N–H and O–H groups in total. The van der Waals surface area contributed by atoms with Crippen molar-refractivity contribution in [2.45, 2.75) is 13.3 Å². The number of aromatic nitrogens is 2. The largest absolute Gasteiger partial charge is 0.494 e. The third-order valence-corrected chi connectivity index (χ3v) is 3.79. The first-order valence-electron chi connectivity index (χ1n) is 8.39. The minimum Gasteiger partial charge on any atom is -0.494 e. The molecule has 0 spiro atoms. The van der Waals surface area contributed by atoms with Crippen molar-refractivity contribution in [3.63, 3.8) is 0 Å². The van der Waals surface area contributed by atoms with E-state index >= 15 is 0 Å². The summed E-state index contributed by atoms with van der Waals surface area (Å²) in [5.41, 5.74) is 6.02. The van der Waals surface area contributed by atoms with Gasteiger partial charge in [-0.05, 0) is 24.6 Å². The Hall–Kier alpha value is -3.52. The summed E-state index contributed by atoms with van der Waals surface area (Å²) >= 11 is 0. The van der Waals surface area contributed by atoms with Gasteiger partial charge in [-0.25, -0.2) is 0 Å². The molecule has 0 aliphatic rings. The van der Waals surface area contributed by atoms with Crippen LogP contribution in [0.1, 0.15) is 18.4 Å². The van der Waals surface area contributed by atoms with Crippen molar-refractivity contribution < 1.29 is 9.15 Å². The van der Waals surface area contributed by atoms with Gasteiger partial charge >= 0.3 is 6.01 Å². The molecular formula is C19H22N6O2. The van der Waals surface area contributed by atoms with E-state index < -0.39 is 0 Å². The number of anilines is 3. The first-order chi connectivity index (χ1) is 13.2.